The Morgan fingerprint density at radius 2 is 1.82 bits per heavy atom. The van der Waals surface area contributed by atoms with E-state index in [9.17, 15) is 14.4 Å². The van der Waals surface area contributed by atoms with Gasteiger partial charge in [0.25, 0.3) is 5.91 Å². The summed E-state index contributed by atoms with van der Waals surface area (Å²) in [5.74, 6) is 0.385. The molecule has 1 atom stereocenters. The molecule has 9 nitrogen and oxygen atoms in total. The molecule has 1 unspecified atom stereocenters. The molecule has 1 saturated heterocycles. The molecule has 0 aliphatic carbocycles. The number of halogens is 1. The third-order valence-corrected chi connectivity index (χ3v) is 6.10. The van der Waals surface area contributed by atoms with Gasteiger partial charge in [-0.1, -0.05) is 23.7 Å². The van der Waals surface area contributed by atoms with Crippen molar-refractivity contribution in [3.8, 4) is 0 Å². The molecule has 3 heterocycles. The van der Waals surface area contributed by atoms with Crippen LogP contribution in [0.1, 0.15) is 34.8 Å². The molecule has 2 aliphatic heterocycles. The summed E-state index contributed by atoms with van der Waals surface area (Å²) in [6.07, 6.45) is 0. The molecular formula is C24H27ClN4O5. The Morgan fingerprint density at radius 3 is 2.44 bits per heavy atom. The molecule has 180 valence electrons. The first-order valence-electron chi connectivity index (χ1n) is 11.2. The molecule has 1 aromatic heterocycles. The summed E-state index contributed by atoms with van der Waals surface area (Å²) in [5, 5.41) is 6.17. The van der Waals surface area contributed by atoms with Crippen molar-refractivity contribution >= 4 is 29.5 Å². The van der Waals surface area contributed by atoms with Crippen molar-refractivity contribution < 1.29 is 23.5 Å². The van der Waals surface area contributed by atoms with Crippen molar-refractivity contribution in [1.29, 1.82) is 0 Å². The molecule has 2 aromatic rings. The summed E-state index contributed by atoms with van der Waals surface area (Å²) in [6, 6.07) is 9.36. The highest BCUT2D eigenvalue weighted by Crippen LogP contribution is 2.29. The van der Waals surface area contributed by atoms with Gasteiger partial charge >= 0.3 is 12.0 Å². The Bertz CT molecular complexity index is 1100. The van der Waals surface area contributed by atoms with Gasteiger partial charge in [-0.2, -0.15) is 0 Å². The zero-order valence-electron chi connectivity index (χ0n) is 19.1. The topological polar surface area (TPSA) is 104 Å². The molecule has 1 aromatic carbocycles. The SMILES string of the molecule is CCOC(=O)C1=C(CN2CCN(C(=O)c3ccc(C)o3)CC2)NC(=O)NC1c1ccc(Cl)cc1. The lowest BCUT2D eigenvalue weighted by Gasteiger charge is -2.36. The molecule has 4 rings (SSSR count). The first-order valence-corrected chi connectivity index (χ1v) is 11.5. The van der Waals surface area contributed by atoms with Gasteiger partial charge in [-0.05, 0) is 43.7 Å². The van der Waals surface area contributed by atoms with E-state index in [0.717, 1.165) is 5.56 Å². The molecule has 2 aliphatic rings. The van der Waals surface area contributed by atoms with Gasteiger partial charge in [0, 0.05) is 43.4 Å². The van der Waals surface area contributed by atoms with E-state index in [1.165, 1.54) is 0 Å². The van der Waals surface area contributed by atoms with Crippen LogP contribution in [0.5, 0.6) is 0 Å². The number of esters is 1. The van der Waals surface area contributed by atoms with E-state index in [-0.39, 0.29) is 12.5 Å². The predicted molar refractivity (Wildman–Crippen MR) is 125 cm³/mol. The maximum atomic E-state index is 12.9. The Labute approximate surface area is 202 Å². The Balaban J connectivity index is 1.52. The summed E-state index contributed by atoms with van der Waals surface area (Å²) in [4.78, 5) is 41.9. The zero-order chi connectivity index (χ0) is 24.2. The molecule has 0 saturated carbocycles. The van der Waals surface area contributed by atoms with Crippen LogP contribution in [0.15, 0.2) is 52.1 Å². The lowest BCUT2D eigenvalue weighted by Crippen LogP contribution is -2.52. The number of rotatable bonds is 6. The number of urea groups is 1. The number of amides is 3. The van der Waals surface area contributed by atoms with Crippen LogP contribution in [0.2, 0.25) is 5.02 Å². The fraction of sp³-hybridized carbons (Fsp3) is 0.375. The van der Waals surface area contributed by atoms with Crippen molar-refractivity contribution in [1.82, 2.24) is 20.4 Å². The number of piperazine rings is 1. The summed E-state index contributed by atoms with van der Waals surface area (Å²) in [5.41, 5.74) is 1.57. The highest BCUT2D eigenvalue weighted by molar-refractivity contribution is 6.30. The van der Waals surface area contributed by atoms with E-state index in [0.29, 0.717) is 60.5 Å². The van der Waals surface area contributed by atoms with Crippen LogP contribution in [0.25, 0.3) is 0 Å². The van der Waals surface area contributed by atoms with Gasteiger partial charge in [-0.15, -0.1) is 0 Å². The molecule has 3 amide bonds. The van der Waals surface area contributed by atoms with Crippen molar-refractivity contribution in [2.24, 2.45) is 0 Å². The first kappa shape index (κ1) is 23.8. The van der Waals surface area contributed by atoms with Gasteiger partial charge < -0.3 is 24.7 Å². The summed E-state index contributed by atoms with van der Waals surface area (Å²) in [7, 11) is 0. The number of ether oxygens (including phenoxy) is 1. The zero-order valence-corrected chi connectivity index (χ0v) is 19.9. The largest absolute Gasteiger partial charge is 0.463 e. The van der Waals surface area contributed by atoms with Crippen LogP contribution >= 0.6 is 11.6 Å². The smallest absolute Gasteiger partial charge is 0.338 e. The predicted octanol–water partition coefficient (Wildman–Crippen LogP) is 2.87. The van der Waals surface area contributed by atoms with Crippen LogP contribution in [0.4, 0.5) is 4.79 Å². The average Bonchev–Trinajstić information content (AvgIpc) is 3.25. The summed E-state index contributed by atoms with van der Waals surface area (Å²) < 4.78 is 10.8. The van der Waals surface area contributed by atoms with Gasteiger partial charge in [0.2, 0.25) is 0 Å². The van der Waals surface area contributed by atoms with E-state index in [1.54, 1.807) is 55.1 Å². The highest BCUT2D eigenvalue weighted by atomic mass is 35.5. The molecule has 0 radical (unpaired) electrons. The van der Waals surface area contributed by atoms with E-state index < -0.39 is 18.0 Å². The maximum Gasteiger partial charge on any atom is 0.338 e. The van der Waals surface area contributed by atoms with Crippen LogP contribution in [-0.2, 0) is 9.53 Å². The average molecular weight is 487 g/mol. The van der Waals surface area contributed by atoms with E-state index in [4.69, 9.17) is 20.8 Å². The standard InChI is InChI=1S/C24H27ClN4O5/c1-3-33-23(31)20-18(26-24(32)27-21(20)16-5-7-17(25)8-6-16)14-28-10-12-29(13-11-28)22(30)19-9-4-15(2)34-19/h4-9,21H,3,10-14H2,1-2H3,(H2,26,27,32). The number of nitrogens with one attached hydrogen (secondary N) is 2. The number of nitrogens with zero attached hydrogens (tertiary/aromatic N) is 2. The minimum absolute atomic E-state index is 0.142. The number of hydrogen-bond donors (Lipinski definition) is 2. The maximum absolute atomic E-state index is 12.9. The van der Waals surface area contributed by atoms with Crippen LogP contribution < -0.4 is 10.6 Å². The molecule has 1 fully saturated rings. The lowest BCUT2D eigenvalue weighted by atomic mass is 9.95. The number of aryl methyl sites for hydroxylation is 1. The molecule has 34 heavy (non-hydrogen) atoms. The van der Waals surface area contributed by atoms with E-state index in [2.05, 4.69) is 15.5 Å². The third-order valence-electron chi connectivity index (χ3n) is 5.84. The summed E-state index contributed by atoms with van der Waals surface area (Å²) in [6.45, 7) is 6.27. The first-order chi connectivity index (χ1) is 16.4. The number of hydrogen-bond acceptors (Lipinski definition) is 6. The fourth-order valence-corrected chi connectivity index (χ4v) is 4.26. The van der Waals surface area contributed by atoms with Gasteiger partial charge in [0.15, 0.2) is 5.76 Å². The van der Waals surface area contributed by atoms with Crippen molar-refractivity contribution in [2.75, 3.05) is 39.3 Å². The van der Waals surface area contributed by atoms with Gasteiger partial charge in [-0.25, -0.2) is 9.59 Å². The van der Waals surface area contributed by atoms with Crippen molar-refractivity contribution in [3.63, 3.8) is 0 Å². The molecule has 10 heteroatoms. The van der Waals surface area contributed by atoms with Gasteiger partial charge in [0.1, 0.15) is 5.76 Å². The second kappa shape index (κ2) is 10.3. The number of carbonyl (C=O) groups excluding carboxylic acids is 3. The molecule has 0 bridgehead atoms. The van der Waals surface area contributed by atoms with Crippen molar-refractivity contribution in [2.45, 2.75) is 19.9 Å². The third kappa shape index (κ3) is 5.26. The van der Waals surface area contributed by atoms with Gasteiger partial charge in [-0.3, -0.25) is 9.69 Å². The number of furan rings is 1. The monoisotopic (exact) mass is 486 g/mol. The van der Waals surface area contributed by atoms with Crippen molar-refractivity contribution in [3.05, 3.63) is 69.8 Å². The number of carbonyl (C=O) groups is 3. The summed E-state index contributed by atoms with van der Waals surface area (Å²) >= 11 is 6.02. The minimum atomic E-state index is -0.662. The van der Waals surface area contributed by atoms with E-state index in [1.807, 2.05) is 0 Å². The Morgan fingerprint density at radius 1 is 1.12 bits per heavy atom. The van der Waals surface area contributed by atoms with Crippen LogP contribution in [-0.4, -0.2) is 67.0 Å². The minimum Gasteiger partial charge on any atom is -0.463 e. The molecule has 2 N–H and O–H groups in total. The van der Waals surface area contributed by atoms with Crippen LogP contribution in [0, 0.1) is 6.92 Å². The molecular weight excluding hydrogens is 460 g/mol. The quantitative estimate of drug-likeness (QED) is 0.608. The lowest BCUT2D eigenvalue weighted by molar-refractivity contribution is -0.139. The highest BCUT2D eigenvalue weighted by Gasteiger charge is 2.35. The van der Waals surface area contributed by atoms with Gasteiger partial charge in [0.05, 0.1) is 18.2 Å². The Kier molecular flexibility index (Phi) is 7.23. The second-order valence-corrected chi connectivity index (χ2v) is 8.61. The fourth-order valence-electron chi connectivity index (χ4n) is 4.14. The second-order valence-electron chi connectivity index (χ2n) is 8.17. The number of benzene rings is 1. The molecule has 0 spiro atoms. The van der Waals surface area contributed by atoms with E-state index >= 15 is 0 Å². The van der Waals surface area contributed by atoms with Crippen LogP contribution in [0.3, 0.4) is 0 Å². The Hall–Kier alpha value is -3.30. The normalized spacial score (nSPS) is 19.0.